The van der Waals surface area contributed by atoms with Crippen LogP contribution in [0, 0.1) is 0 Å². The first-order valence-corrected chi connectivity index (χ1v) is 10.3. The van der Waals surface area contributed by atoms with Gasteiger partial charge in [0.25, 0.3) is 11.8 Å². The number of benzene rings is 2. The third kappa shape index (κ3) is 5.26. The zero-order valence-corrected chi connectivity index (χ0v) is 17.4. The molecule has 154 valence electrons. The van der Waals surface area contributed by atoms with E-state index >= 15 is 0 Å². The monoisotopic (exact) mass is 423 g/mol. The number of amides is 3. The topological polar surface area (TPSA) is 113 Å². The van der Waals surface area contributed by atoms with Crippen LogP contribution in [0.1, 0.15) is 46.0 Å². The molecule has 1 aromatic heterocycles. The predicted molar refractivity (Wildman–Crippen MR) is 117 cm³/mol. The second-order valence-corrected chi connectivity index (χ2v) is 7.35. The van der Waals surface area contributed by atoms with Crippen LogP contribution in [0.2, 0.25) is 0 Å². The molecule has 30 heavy (non-hydrogen) atoms. The largest absolute Gasteiger partial charge is 0.326 e. The molecule has 0 unspecified atom stereocenters. The van der Waals surface area contributed by atoms with E-state index in [2.05, 4.69) is 26.1 Å². The molecule has 0 fully saturated rings. The van der Waals surface area contributed by atoms with Crippen molar-refractivity contribution < 1.29 is 14.4 Å². The minimum Gasteiger partial charge on any atom is -0.326 e. The fourth-order valence-corrected chi connectivity index (χ4v) is 3.26. The molecular formula is C21H21N5O3S. The molecule has 1 heterocycles. The number of rotatable bonds is 7. The van der Waals surface area contributed by atoms with Crippen LogP contribution in [0.4, 0.5) is 16.5 Å². The van der Waals surface area contributed by atoms with E-state index in [0.29, 0.717) is 34.1 Å². The minimum atomic E-state index is -0.396. The molecule has 3 amide bonds. The number of aromatic nitrogens is 2. The molecule has 0 aliphatic rings. The van der Waals surface area contributed by atoms with E-state index < -0.39 is 11.8 Å². The summed E-state index contributed by atoms with van der Waals surface area (Å²) < 4.78 is 0. The molecule has 3 N–H and O–H groups in total. The fourth-order valence-electron chi connectivity index (χ4n) is 2.58. The van der Waals surface area contributed by atoms with Gasteiger partial charge in [-0.05, 0) is 36.8 Å². The lowest BCUT2D eigenvalue weighted by molar-refractivity contribution is -0.115. The number of carbonyl (C=O) groups is 3. The Morgan fingerprint density at radius 3 is 2.43 bits per heavy atom. The van der Waals surface area contributed by atoms with Gasteiger partial charge in [-0.25, -0.2) is 0 Å². The van der Waals surface area contributed by atoms with Crippen molar-refractivity contribution in [1.82, 2.24) is 10.2 Å². The summed E-state index contributed by atoms with van der Waals surface area (Å²) in [5.41, 5.74) is 1.55. The minimum absolute atomic E-state index is 0.141. The molecule has 0 aliphatic heterocycles. The Morgan fingerprint density at radius 2 is 1.70 bits per heavy atom. The summed E-state index contributed by atoms with van der Waals surface area (Å²) in [6.07, 6.45) is 1.07. The summed E-state index contributed by atoms with van der Waals surface area (Å²) in [6, 6.07) is 13.3. The van der Waals surface area contributed by atoms with Crippen LogP contribution in [-0.4, -0.2) is 27.9 Å². The highest BCUT2D eigenvalue weighted by Crippen LogP contribution is 2.21. The summed E-state index contributed by atoms with van der Waals surface area (Å²) in [6.45, 7) is 3.71. The van der Waals surface area contributed by atoms with Gasteiger partial charge in [-0.15, -0.1) is 10.2 Å². The van der Waals surface area contributed by atoms with Gasteiger partial charge in [0.2, 0.25) is 11.0 Å². The average molecular weight is 423 g/mol. The molecule has 0 saturated carbocycles. The highest BCUT2D eigenvalue weighted by molar-refractivity contribution is 7.15. The second kappa shape index (κ2) is 9.75. The van der Waals surface area contributed by atoms with Crippen molar-refractivity contribution in [2.24, 2.45) is 0 Å². The van der Waals surface area contributed by atoms with Crippen molar-refractivity contribution in [2.45, 2.75) is 26.7 Å². The molecule has 3 aromatic rings. The molecular weight excluding hydrogens is 402 g/mol. The molecule has 0 spiro atoms. The van der Waals surface area contributed by atoms with Gasteiger partial charge in [0.1, 0.15) is 5.01 Å². The van der Waals surface area contributed by atoms with Crippen LogP contribution in [0.25, 0.3) is 0 Å². The number of nitrogens with one attached hydrogen (secondary N) is 3. The summed E-state index contributed by atoms with van der Waals surface area (Å²) in [7, 11) is 0. The van der Waals surface area contributed by atoms with Crippen LogP contribution in [-0.2, 0) is 11.2 Å². The lowest BCUT2D eigenvalue weighted by Crippen LogP contribution is -2.18. The number of hydrogen-bond donors (Lipinski definition) is 3. The number of nitrogens with zero attached hydrogens (tertiary/aromatic N) is 2. The van der Waals surface area contributed by atoms with Crippen molar-refractivity contribution in [2.75, 3.05) is 16.0 Å². The van der Waals surface area contributed by atoms with Crippen molar-refractivity contribution >= 4 is 45.6 Å². The van der Waals surface area contributed by atoms with Crippen LogP contribution < -0.4 is 16.0 Å². The number of hydrogen-bond acceptors (Lipinski definition) is 6. The number of para-hydroxylation sites is 1. The maximum Gasteiger partial charge on any atom is 0.259 e. The molecule has 3 rings (SSSR count). The Bertz CT molecular complexity index is 1080. The van der Waals surface area contributed by atoms with Crippen molar-refractivity contribution in [3.8, 4) is 0 Å². The van der Waals surface area contributed by atoms with Gasteiger partial charge < -0.3 is 10.6 Å². The summed E-state index contributed by atoms with van der Waals surface area (Å²) in [4.78, 5) is 37.0. The van der Waals surface area contributed by atoms with Crippen molar-refractivity contribution in [1.29, 1.82) is 0 Å². The molecule has 0 bridgehead atoms. The van der Waals surface area contributed by atoms with Gasteiger partial charge in [-0.1, -0.05) is 43.4 Å². The quantitative estimate of drug-likeness (QED) is 0.532. The molecule has 8 nitrogen and oxygen atoms in total. The van der Waals surface area contributed by atoms with Gasteiger partial charge in [0, 0.05) is 17.7 Å². The Kier molecular flexibility index (Phi) is 6.87. The van der Waals surface area contributed by atoms with Gasteiger partial charge in [-0.2, -0.15) is 0 Å². The van der Waals surface area contributed by atoms with Gasteiger partial charge in [0.05, 0.1) is 11.3 Å². The first-order valence-electron chi connectivity index (χ1n) is 9.44. The summed E-state index contributed by atoms with van der Waals surface area (Å²) in [5, 5.41) is 17.3. The lowest BCUT2D eigenvalue weighted by atomic mass is 10.1. The third-order valence-electron chi connectivity index (χ3n) is 4.14. The van der Waals surface area contributed by atoms with Crippen molar-refractivity contribution in [3.05, 3.63) is 64.7 Å². The summed E-state index contributed by atoms with van der Waals surface area (Å²) >= 11 is 1.30. The van der Waals surface area contributed by atoms with E-state index in [1.807, 2.05) is 6.92 Å². The maximum atomic E-state index is 12.7. The first kappa shape index (κ1) is 21.1. The second-order valence-electron chi connectivity index (χ2n) is 6.29. The Balaban J connectivity index is 1.75. The summed E-state index contributed by atoms with van der Waals surface area (Å²) in [5.74, 6) is -0.932. The van der Waals surface area contributed by atoms with E-state index in [9.17, 15) is 14.4 Å². The number of carbonyl (C=O) groups excluding carboxylic acids is 3. The number of anilines is 3. The van der Waals surface area contributed by atoms with E-state index in [4.69, 9.17) is 0 Å². The predicted octanol–water partition coefficient (Wildman–Crippen LogP) is 3.95. The van der Waals surface area contributed by atoms with Gasteiger partial charge >= 0.3 is 0 Å². The van der Waals surface area contributed by atoms with Crippen molar-refractivity contribution in [3.63, 3.8) is 0 Å². The first-order chi connectivity index (χ1) is 14.5. The Hall–Kier alpha value is -3.59. The zero-order chi connectivity index (χ0) is 21.5. The Morgan fingerprint density at radius 1 is 0.900 bits per heavy atom. The fraction of sp³-hybridized carbons (Fsp3) is 0.190. The zero-order valence-electron chi connectivity index (χ0n) is 16.6. The molecule has 2 aromatic carbocycles. The smallest absolute Gasteiger partial charge is 0.259 e. The number of aryl methyl sites for hydroxylation is 1. The highest BCUT2D eigenvalue weighted by Gasteiger charge is 2.16. The van der Waals surface area contributed by atoms with Gasteiger partial charge in [-0.3, -0.25) is 19.7 Å². The standard InChI is InChI=1S/C21H21N5O3S/c1-3-17(27)22-14-9-7-8-13(12-14)19(28)23-16-11-6-5-10-15(16)20(29)24-21-26-25-18(4-2)30-21/h5-12H,3-4H2,1-2H3,(H,22,27)(H,23,28)(H,24,26,29). The van der Waals surface area contributed by atoms with E-state index in [0.717, 1.165) is 11.4 Å². The molecule has 9 heteroatoms. The van der Waals surface area contributed by atoms with Crippen LogP contribution >= 0.6 is 11.3 Å². The highest BCUT2D eigenvalue weighted by atomic mass is 32.1. The third-order valence-corrected chi connectivity index (χ3v) is 5.12. The molecule has 0 atom stereocenters. The van der Waals surface area contributed by atoms with Crippen LogP contribution in [0.3, 0.4) is 0 Å². The Labute approximate surface area is 177 Å². The average Bonchev–Trinajstić information content (AvgIpc) is 3.21. The normalized spacial score (nSPS) is 10.3. The van der Waals surface area contributed by atoms with E-state index in [1.54, 1.807) is 55.5 Å². The molecule has 0 saturated heterocycles. The SMILES string of the molecule is CCC(=O)Nc1cccc(C(=O)Nc2ccccc2C(=O)Nc2nnc(CC)s2)c1. The lowest BCUT2D eigenvalue weighted by Gasteiger charge is -2.11. The van der Waals surface area contributed by atoms with Crippen LogP contribution in [0.5, 0.6) is 0 Å². The molecule has 0 aliphatic carbocycles. The van der Waals surface area contributed by atoms with Crippen LogP contribution in [0.15, 0.2) is 48.5 Å². The van der Waals surface area contributed by atoms with E-state index in [1.165, 1.54) is 11.3 Å². The van der Waals surface area contributed by atoms with E-state index in [-0.39, 0.29) is 5.91 Å². The maximum absolute atomic E-state index is 12.7. The van der Waals surface area contributed by atoms with Gasteiger partial charge in [0.15, 0.2) is 0 Å². The molecule has 0 radical (unpaired) electrons.